The number of imidazole rings is 1. The first-order valence-electron chi connectivity index (χ1n) is 8.79. The van der Waals surface area contributed by atoms with E-state index in [0.717, 1.165) is 22.6 Å². The maximum absolute atomic E-state index is 13.4. The molecule has 2 heterocycles. The Hall–Kier alpha value is -3.07. The normalized spacial score (nSPS) is 11.8. The number of fused-ring (bicyclic) bond motifs is 1. The summed E-state index contributed by atoms with van der Waals surface area (Å²) in [7, 11) is 0. The van der Waals surface area contributed by atoms with Gasteiger partial charge >= 0.3 is 0 Å². The first-order chi connectivity index (χ1) is 13.9. The third-order valence-corrected chi connectivity index (χ3v) is 5.29. The number of aromatic nitrogens is 3. The Morgan fingerprint density at radius 2 is 1.97 bits per heavy atom. The molecule has 0 aliphatic heterocycles. The number of hydrogen-bond donors (Lipinski definition) is 1. The predicted octanol–water partition coefficient (Wildman–Crippen LogP) is 6.48. The Labute approximate surface area is 176 Å². The molecule has 0 bridgehead atoms. The van der Waals surface area contributed by atoms with E-state index in [9.17, 15) is 9.65 Å². The molecule has 0 aliphatic rings. The Morgan fingerprint density at radius 3 is 2.72 bits per heavy atom. The number of nitriles is 1. The van der Waals surface area contributed by atoms with Crippen molar-refractivity contribution in [3.63, 3.8) is 0 Å². The lowest BCUT2D eigenvalue weighted by atomic mass is 10.1. The highest BCUT2D eigenvalue weighted by Crippen LogP contribution is 2.30. The summed E-state index contributed by atoms with van der Waals surface area (Å²) < 4.78 is 15.4. The zero-order chi connectivity index (χ0) is 20.7. The van der Waals surface area contributed by atoms with Crippen LogP contribution in [0, 0.1) is 31.0 Å². The maximum atomic E-state index is 13.4. The van der Waals surface area contributed by atoms with Crippen LogP contribution in [-0.2, 0) is 0 Å². The molecule has 4 aromatic rings. The van der Waals surface area contributed by atoms with Gasteiger partial charge in [0.15, 0.2) is 0 Å². The fourth-order valence-electron chi connectivity index (χ4n) is 3.38. The number of nitrogens with zero attached hydrogens (tertiary/aromatic N) is 3. The van der Waals surface area contributed by atoms with Crippen molar-refractivity contribution >= 4 is 45.9 Å². The molecule has 0 spiro atoms. The molecule has 2 aromatic heterocycles. The lowest BCUT2D eigenvalue weighted by Crippen LogP contribution is -2.00. The predicted molar refractivity (Wildman–Crippen MR) is 115 cm³/mol. The zero-order valence-electron chi connectivity index (χ0n) is 15.6. The van der Waals surface area contributed by atoms with E-state index in [0.29, 0.717) is 32.5 Å². The van der Waals surface area contributed by atoms with Crippen LogP contribution in [0.3, 0.4) is 0 Å². The van der Waals surface area contributed by atoms with Gasteiger partial charge in [-0.3, -0.25) is 0 Å². The number of H-pyrrole nitrogens is 1. The minimum atomic E-state index is -0.364. The van der Waals surface area contributed by atoms with Crippen LogP contribution in [0.1, 0.15) is 22.8 Å². The van der Waals surface area contributed by atoms with Crippen LogP contribution < -0.4 is 0 Å². The summed E-state index contributed by atoms with van der Waals surface area (Å²) >= 11 is 12.5. The topological polar surface area (TPSA) is 57.4 Å². The number of halogens is 3. The summed E-state index contributed by atoms with van der Waals surface area (Å²) in [4.78, 5) is 7.42. The van der Waals surface area contributed by atoms with Gasteiger partial charge in [0, 0.05) is 16.4 Å². The van der Waals surface area contributed by atoms with Crippen molar-refractivity contribution in [1.82, 2.24) is 14.5 Å². The van der Waals surface area contributed by atoms with E-state index in [4.69, 9.17) is 23.2 Å². The van der Waals surface area contributed by atoms with Gasteiger partial charge in [-0.15, -0.1) is 0 Å². The molecule has 0 saturated heterocycles. The van der Waals surface area contributed by atoms with Crippen molar-refractivity contribution in [1.29, 1.82) is 5.26 Å². The number of aromatic amines is 1. The molecule has 4 rings (SSSR count). The number of aryl methyl sites for hydroxylation is 1. The van der Waals surface area contributed by atoms with Gasteiger partial charge in [0.2, 0.25) is 0 Å². The molecule has 0 unspecified atom stereocenters. The van der Waals surface area contributed by atoms with Crippen LogP contribution in [0.2, 0.25) is 10.0 Å². The van der Waals surface area contributed by atoms with Crippen LogP contribution in [0.25, 0.3) is 28.4 Å². The van der Waals surface area contributed by atoms with E-state index in [1.54, 1.807) is 30.3 Å². The van der Waals surface area contributed by atoms with Gasteiger partial charge in [0.25, 0.3) is 0 Å². The summed E-state index contributed by atoms with van der Waals surface area (Å²) in [6.45, 7) is 3.90. The summed E-state index contributed by atoms with van der Waals surface area (Å²) in [5.74, 6) is 0.0239. The van der Waals surface area contributed by atoms with Crippen molar-refractivity contribution in [3.8, 4) is 11.8 Å². The van der Waals surface area contributed by atoms with E-state index in [1.807, 2.05) is 24.5 Å². The molecule has 1 N–H and O–H groups in total. The van der Waals surface area contributed by atoms with E-state index < -0.39 is 0 Å². The molecule has 4 nitrogen and oxygen atoms in total. The summed E-state index contributed by atoms with van der Waals surface area (Å²) in [5, 5.41) is 10.8. The SMILES string of the molecule is Cc1cc(/C=C(/C#N)c2nc3ccc(F)cc3[nH]2)c(C)n1-c1cc(Cl)ccc1Cl. The Bertz CT molecular complexity index is 1320. The van der Waals surface area contributed by atoms with Crippen LogP contribution in [0.15, 0.2) is 42.5 Å². The van der Waals surface area contributed by atoms with Gasteiger partial charge in [-0.2, -0.15) is 5.26 Å². The van der Waals surface area contributed by atoms with Crippen molar-refractivity contribution in [2.45, 2.75) is 13.8 Å². The first kappa shape index (κ1) is 19.3. The van der Waals surface area contributed by atoms with Gasteiger partial charge < -0.3 is 9.55 Å². The van der Waals surface area contributed by atoms with Gasteiger partial charge in [-0.25, -0.2) is 9.37 Å². The lowest BCUT2D eigenvalue weighted by molar-refractivity contribution is 0.629. The minimum absolute atomic E-state index is 0.346. The molecule has 2 aromatic carbocycles. The molecule has 29 heavy (non-hydrogen) atoms. The highest BCUT2D eigenvalue weighted by atomic mass is 35.5. The van der Waals surface area contributed by atoms with Crippen LogP contribution >= 0.6 is 23.2 Å². The second-order valence-electron chi connectivity index (χ2n) is 6.67. The van der Waals surface area contributed by atoms with Gasteiger partial charge in [-0.1, -0.05) is 23.2 Å². The van der Waals surface area contributed by atoms with Crippen molar-refractivity contribution in [2.24, 2.45) is 0 Å². The van der Waals surface area contributed by atoms with E-state index >= 15 is 0 Å². The summed E-state index contributed by atoms with van der Waals surface area (Å²) in [6, 6.07) is 13.7. The molecule has 0 atom stereocenters. The van der Waals surface area contributed by atoms with Crippen LogP contribution in [0.5, 0.6) is 0 Å². The monoisotopic (exact) mass is 424 g/mol. The highest BCUT2D eigenvalue weighted by Gasteiger charge is 2.15. The average molecular weight is 425 g/mol. The quantitative estimate of drug-likeness (QED) is 0.382. The third-order valence-electron chi connectivity index (χ3n) is 4.74. The molecular formula is C22H15Cl2FN4. The fraction of sp³-hybridized carbons (Fsp3) is 0.0909. The van der Waals surface area contributed by atoms with Crippen LogP contribution in [-0.4, -0.2) is 14.5 Å². The maximum Gasteiger partial charge on any atom is 0.149 e. The first-order valence-corrected chi connectivity index (χ1v) is 9.55. The number of nitrogens with one attached hydrogen (secondary N) is 1. The van der Waals surface area contributed by atoms with E-state index in [1.165, 1.54) is 12.1 Å². The molecular weight excluding hydrogens is 410 g/mol. The second-order valence-corrected chi connectivity index (χ2v) is 7.52. The molecule has 0 radical (unpaired) electrons. The number of rotatable bonds is 3. The third kappa shape index (κ3) is 3.53. The second kappa shape index (κ2) is 7.40. The average Bonchev–Trinajstić information content (AvgIpc) is 3.22. The molecule has 0 fully saturated rings. The Kier molecular flexibility index (Phi) is 4.91. The molecule has 0 saturated carbocycles. The molecule has 0 amide bonds. The van der Waals surface area contributed by atoms with Crippen molar-refractivity contribution < 1.29 is 4.39 Å². The van der Waals surface area contributed by atoms with Gasteiger partial charge in [0.05, 0.1) is 27.3 Å². The molecule has 0 aliphatic carbocycles. The fourth-order valence-corrected chi connectivity index (χ4v) is 3.75. The number of benzene rings is 2. The summed E-state index contributed by atoms with van der Waals surface area (Å²) in [5.41, 5.74) is 4.95. The van der Waals surface area contributed by atoms with Gasteiger partial charge in [-0.05, 0) is 68.0 Å². The van der Waals surface area contributed by atoms with Crippen LogP contribution in [0.4, 0.5) is 4.39 Å². The largest absolute Gasteiger partial charge is 0.337 e. The molecule has 7 heteroatoms. The standard InChI is InChI=1S/C22H15Cl2FN4/c1-12-7-14(13(2)29(12)21-9-16(23)3-5-18(21)24)8-15(11-26)22-27-19-6-4-17(25)10-20(19)28-22/h3-10H,1-2H3,(H,27,28)/b15-8-. The lowest BCUT2D eigenvalue weighted by Gasteiger charge is -2.12. The number of hydrogen-bond acceptors (Lipinski definition) is 2. The Morgan fingerprint density at radius 1 is 1.17 bits per heavy atom. The van der Waals surface area contributed by atoms with Crippen molar-refractivity contribution in [3.05, 3.63) is 81.1 Å². The highest BCUT2D eigenvalue weighted by molar-refractivity contribution is 6.34. The Balaban J connectivity index is 1.82. The number of allylic oxidation sites excluding steroid dienone is 1. The van der Waals surface area contributed by atoms with Crippen molar-refractivity contribution in [2.75, 3.05) is 0 Å². The van der Waals surface area contributed by atoms with Gasteiger partial charge in [0.1, 0.15) is 17.7 Å². The zero-order valence-corrected chi connectivity index (χ0v) is 17.1. The summed E-state index contributed by atoms with van der Waals surface area (Å²) in [6.07, 6.45) is 1.76. The van der Waals surface area contributed by atoms with E-state index in [2.05, 4.69) is 16.0 Å². The van der Waals surface area contributed by atoms with E-state index in [-0.39, 0.29) is 5.82 Å². The molecule has 144 valence electrons. The minimum Gasteiger partial charge on any atom is -0.337 e. The smallest absolute Gasteiger partial charge is 0.149 e.